The van der Waals surface area contributed by atoms with Crippen molar-refractivity contribution < 1.29 is 0 Å². The van der Waals surface area contributed by atoms with E-state index in [2.05, 4.69) is 38.1 Å². The van der Waals surface area contributed by atoms with Crippen molar-refractivity contribution in [2.24, 2.45) is 0 Å². The Morgan fingerprint density at radius 1 is 1.09 bits per heavy atom. The summed E-state index contributed by atoms with van der Waals surface area (Å²) < 4.78 is 1.45. The third-order valence-electron chi connectivity index (χ3n) is 1.84. The maximum Gasteiger partial charge on any atom is 0.178 e. The first kappa shape index (κ1) is 6.86. The number of aryl methyl sites for hydroxylation is 2. The van der Waals surface area contributed by atoms with Crippen LogP contribution in [-0.4, -0.2) is 0 Å². The first-order valence-corrected chi connectivity index (χ1v) is 4.66. The second-order valence-electron chi connectivity index (χ2n) is 2.96. The van der Waals surface area contributed by atoms with Gasteiger partial charge in [-0.1, -0.05) is 11.6 Å². The molecule has 0 atom stereocenters. The summed E-state index contributed by atoms with van der Waals surface area (Å²) in [6.07, 6.45) is 0. The van der Waals surface area contributed by atoms with Gasteiger partial charge in [0, 0.05) is 18.4 Å². The van der Waals surface area contributed by atoms with E-state index >= 15 is 0 Å². The molecule has 1 heteroatoms. The van der Waals surface area contributed by atoms with Crippen LogP contribution >= 0.6 is 11.3 Å². The van der Waals surface area contributed by atoms with Gasteiger partial charge in [-0.05, 0) is 30.4 Å². The van der Waals surface area contributed by atoms with Gasteiger partial charge in [0.25, 0.3) is 0 Å². The summed E-state index contributed by atoms with van der Waals surface area (Å²) in [7, 11) is 0. The van der Waals surface area contributed by atoms with Crippen molar-refractivity contribution in [3.05, 3.63) is 34.7 Å². The van der Waals surface area contributed by atoms with Crippen molar-refractivity contribution in [3.8, 4) is 0 Å². The van der Waals surface area contributed by atoms with Crippen LogP contribution in [0.25, 0.3) is 10.1 Å². The molecule has 0 aliphatic carbocycles. The first-order chi connectivity index (χ1) is 5.25. The lowest BCUT2D eigenvalue weighted by Crippen LogP contribution is -1.67. The predicted octanol–water partition coefficient (Wildman–Crippen LogP) is 3.25. The van der Waals surface area contributed by atoms with Crippen molar-refractivity contribution in [2.75, 3.05) is 0 Å². The monoisotopic (exact) mass is 163 g/mol. The lowest BCUT2D eigenvalue weighted by molar-refractivity contribution is 1.51. The zero-order chi connectivity index (χ0) is 7.84. The van der Waals surface area contributed by atoms with E-state index in [0.717, 1.165) is 0 Å². The van der Waals surface area contributed by atoms with E-state index in [0.29, 0.717) is 0 Å². The molecule has 0 saturated heterocycles. The van der Waals surface area contributed by atoms with Crippen LogP contribution in [0.5, 0.6) is 0 Å². The molecule has 0 aliphatic heterocycles. The number of fused-ring (bicyclic) bond motifs is 1. The summed E-state index contributed by atoms with van der Waals surface area (Å²) in [6.45, 7) is 4.32. The van der Waals surface area contributed by atoms with Crippen LogP contribution in [0.15, 0.2) is 24.3 Å². The van der Waals surface area contributed by atoms with Crippen molar-refractivity contribution >= 4 is 21.4 Å². The van der Waals surface area contributed by atoms with E-state index < -0.39 is 0 Å². The summed E-state index contributed by atoms with van der Waals surface area (Å²) in [5.41, 5.74) is 1.35. The fourth-order valence-electron chi connectivity index (χ4n) is 1.34. The third-order valence-corrected chi connectivity index (χ3v) is 2.97. The molecule has 0 amide bonds. The van der Waals surface area contributed by atoms with Gasteiger partial charge in [-0.3, -0.25) is 0 Å². The van der Waals surface area contributed by atoms with Gasteiger partial charge in [0.15, 0.2) is 4.70 Å². The Hall–Kier alpha value is -0.820. The number of hydrogen-bond acceptors (Lipinski definition) is 0. The van der Waals surface area contributed by atoms with Gasteiger partial charge in [-0.15, -0.1) is 0 Å². The molecule has 0 bridgehead atoms. The SMILES string of the molecule is Cc1ccc2[sH+]c(C)cc2c1. The van der Waals surface area contributed by atoms with E-state index in [1.807, 2.05) is 0 Å². The van der Waals surface area contributed by atoms with Gasteiger partial charge in [0.05, 0.1) is 0 Å². The second kappa shape index (κ2) is 2.35. The van der Waals surface area contributed by atoms with E-state index in [1.165, 1.54) is 31.9 Å². The summed E-state index contributed by atoms with van der Waals surface area (Å²) >= 11 is 1.39. The predicted molar refractivity (Wildman–Crippen MR) is 52.7 cm³/mol. The first-order valence-electron chi connectivity index (χ1n) is 3.76. The summed E-state index contributed by atoms with van der Waals surface area (Å²) in [5.74, 6) is 0. The highest BCUT2D eigenvalue weighted by Gasteiger charge is 2.03. The molecule has 11 heavy (non-hydrogen) atoms. The molecule has 2 aromatic rings. The zero-order valence-electron chi connectivity index (χ0n) is 6.76. The normalized spacial score (nSPS) is 10.7. The molecule has 0 radical (unpaired) electrons. The topological polar surface area (TPSA) is 0 Å². The Bertz CT molecular complexity index is 385. The Kier molecular flexibility index (Phi) is 1.46. The van der Waals surface area contributed by atoms with E-state index in [9.17, 15) is 0 Å². The average molecular weight is 163 g/mol. The molecule has 0 aliphatic rings. The molecule has 1 aromatic heterocycles. The molecule has 1 aromatic carbocycles. The maximum atomic E-state index is 2.27. The van der Waals surface area contributed by atoms with Crippen molar-refractivity contribution in [2.45, 2.75) is 13.8 Å². The van der Waals surface area contributed by atoms with Crippen LogP contribution < -0.4 is 0 Å². The van der Waals surface area contributed by atoms with Crippen molar-refractivity contribution in [1.82, 2.24) is 0 Å². The van der Waals surface area contributed by atoms with E-state index in [4.69, 9.17) is 0 Å². The average Bonchev–Trinajstić information content (AvgIpc) is 2.27. The van der Waals surface area contributed by atoms with E-state index in [1.54, 1.807) is 0 Å². The smallest absolute Gasteiger partial charge is 0.0539 e. The van der Waals surface area contributed by atoms with Crippen LogP contribution in [0.4, 0.5) is 0 Å². The molecule has 2 rings (SSSR count). The van der Waals surface area contributed by atoms with Gasteiger partial charge in [0.1, 0.15) is 4.88 Å². The molecule has 0 fully saturated rings. The van der Waals surface area contributed by atoms with Gasteiger partial charge >= 0.3 is 0 Å². The summed E-state index contributed by atoms with van der Waals surface area (Å²) in [6, 6.07) is 8.92. The number of hydrogen-bond donors (Lipinski definition) is 0. The Morgan fingerprint density at radius 2 is 1.91 bits per heavy atom. The van der Waals surface area contributed by atoms with Crippen LogP contribution in [0.3, 0.4) is 0 Å². The van der Waals surface area contributed by atoms with Crippen molar-refractivity contribution in [1.29, 1.82) is 0 Å². The van der Waals surface area contributed by atoms with Crippen LogP contribution in [0.1, 0.15) is 10.4 Å². The Balaban J connectivity index is 2.82. The van der Waals surface area contributed by atoms with Crippen LogP contribution in [0.2, 0.25) is 0 Å². The lowest BCUT2D eigenvalue weighted by atomic mass is 10.2. The van der Waals surface area contributed by atoms with E-state index in [-0.39, 0.29) is 0 Å². The minimum Gasteiger partial charge on any atom is -0.0539 e. The van der Waals surface area contributed by atoms with Gasteiger partial charge in [-0.25, -0.2) is 0 Å². The fourth-order valence-corrected chi connectivity index (χ4v) is 2.33. The molecule has 1 heterocycles. The minimum absolute atomic E-state index is 1.35. The highest BCUT2D eigenvalue weighted by molar-refractivity contribution is 7.19. The van der Waals surface area contributed by atoms with Gasteiger partial charge in [0.2, 0.25) is 0 Å². The quantitative estimate of drug-likeness (QED) is 0.523. The van der Waals surface area contributed by atoms with Crippen molar-refractivity contribution in [3.63, 3.8) is 0 Å². The standard InChI is InChI=1S/C10H10S/c1-7-3-4-10-9(5-7)6-8(2)11-10/h3-6H,1-2H3/p+1. The molecule has 0 N–H and O–H groups in total. The fraction of sp³-hybridized carbons (Fsp3) is 0.200. The molecule has 0 unspecified atom stereocenters. The summed E-state index contributed by atoms with van der Waals surface area (Å²) in [4.78, 5) is 1.45. The van der Waals surface area contributed by atoms with Crippen LogP contribution in [-0.2, 0) is 0 Å². The van der Waals surface area contributed by atoms with Gasteiger partial charge in [-0.2, -0.15) is 0 Å². The number of thiophene rings is 1. The highest BCUT2D eigenvalue weighted by Crippen LogP contribution is 2.25. The zero-order valence-corrected chi connectivity index (χ0v) is 7.65. The highest BCUT2D eigenvalue weighted by atomic mass is 32.1. The van der Waals surface area contributed by atoms with Crippen LogP contribution in [0, 0.1) is 13.8 Å². The molecule has 0 nitrogen and oxygen atoms in total. The van der Waals surface area contributed by atoms with Gasteiger partial charge < -0.3 is 0 Å². The lowest BCUT2D eigenvalue weighted by Gasteiger charge is -1.86. The minimum atomic E-state index is 1.35. The second-order valence-corrected chi connectivity index (χ2v) is 4.37. The maximum absolute atomic E-state index is 2.27. The number of rotatable bonds is 0. The molecule has 0 spiro atoms. The molecular formula is C10H11S+. The molecule has 56 valence electrons. The largest absolute Gasteiger partial charge is 0.178 e. The molecule has 0 saturated carbocycles. The number of benzene rings is 1. The Morgan fingerprint density at radius 3 is 2.73 bits per heavy atom. The third kappa shape index (κ3) is 1.16. The summed E-state index contributed by atoms with van der Waals surface area (Å²) in [5, 5.41) is 1.41. The molecular weight excluding hydrogens is 152 g/mol. The Labute approximate surface area is 70.5 Å².